The van der Waals surface area contributed by atoms with Crippen molar-refractivity contribution in [1.82, 2.24) is 19.7 Å². The minimum Gasteiger partial charge on any atom is -0.411 e. The molecule has 3 aromatic rings. The Morgan fingerprint density at radius 3 is 2.55 bits per heavy atom. The minimum atomic E-state index is -0.799. The Balaban J connectivity index is 1.78. The van der Waals surface area contributed by atoms with E-state index >= 15 is 0 Å². The largest absolute Gasteiger partial charge is 0.411 e. The molecule has 10 heteroatoms. The number of nitrogens with one attached hydrogen (secondary N) is 1. The van der Waals surface area contributed by atoms with Crippen LogP contribution in [0.2, 0.25) is 0 Å². The van der Waals surface area contributed by atoms with Crippen LogP contribution in [0, 0.1) is 13.8 Å². The first-order chi connectivity index (χ1) is 13.8. The van der Waals surface area contributed by atoms with Crippen molar-refractivity contribution < 1.29 is 9.21 Å². The molecule has 2 heterocycles. The Labute approximate surface area is 170 Å². The molecular formula is C19H21N5O4S. The first-order valence-corrected chi connectivity index (χ1v) is 9.99. The SMILES string of the molecule is CCCn1c(N)c(C(=O)CSc2nnc(-c3cc(C)cc(C)c3)o2)c(=O)[nH]c1=O. The molecule has 0 aliphatic rings. The second-order valence-electron chi connectivity index (χ2n) is 6.63. The maximum Gasteiger partial charge on any atom is 0.329 e. The fourth-order valence-corrected chi connectivity index (χ4v) is 3.62. The van der Waals surface area contributed by atoms with Crippen molar-refractivity contribution in [2.75, 3.05) is 11.5 Å². The van der Waals surface area contributed by atoms with Crippen LogP contribution < -0.4 is 17.0 Å². The summed E-state index contributed by atoms with van der Waals surface area (Å²) < 4.78 is 6.81. The number of aromatic amines is 1. The molecule has 0 fully saturated rings. The van der Waals surface area contributed by atoms with E-state index in [1.165, 1.54) is 4.57 Å². The van der Waals surface area contributed by atoms with Gasteiger partial charge >= 0.3 is 5.69 Å². The van der Waals surface area contributed by atoms with E-state index in [0.717, 1.165) is 28.5 Å². The van der Waals surface area contributed by atoms with Gasteiger partial charge in [-0.05, 0) is 32.4 Å². The molecule has 3 rings (SSSR count). The fraction of sp³-hybridized carbons (Fsp3) is 0.316. The van der Waals surface area contributed by atoms with Gasteiger partial charge in [-0.2, -0.15) is 0 Å². The summed E-state index contributed by atoms with van der Waals surface area (Å²) in [5.74, 6) is -0.440. The molecule has 2 aromatic heterocycles. The third-order valence-corrected chi connectivity index (χ3v) is 4.99. The number of rotatable bonds is 7. The fourth-order valence-electron chi connectivity index (χ4n) is 2.99. The molecule has 0 radical (unpaired) electrons. The Hall–Kier alpha value is -3.14. The van der Waals surface area contributed by atoms with E-state index in [2.05, 4.69) is 15.2 Å². The van der Waals surface area contributed by atoms with Gasteiger partial charge in [0.15, 0.2) is 5.78 Å². The lowest BCUT2D eigenvalue weighted by Gasteiger charge is -2.10. The average Bonchev–Trinajstić information content (AvgIpc) is 3.11. The van der Waals surface area contributed by atoms with E-state index in [1.807, 2.05) is 39.0 Å². The van der Waals surface area contributed by atoms with Crippen LogP contribution in [-0.4, -0.2) is 31.3 Å². The van der Waals surface area contributed by atoms with E-state index < -0.39 is 17.0 Å². The summed E-state index contributed by atoms with van der Waals surface area (Å²) in [4.78, 5) is 38.7. The smallest absolute Gasteiger partial charge is 0.329 e. The number of hydrogen-bond donors (Lipinski definition) is 2. The molecule has 29 heavy (non-hydrogen) atoms. The van der Waals surface area contributed by atoms with Gasteiger partial charge in [0, 0.05) is 12.1 Å². The molecule has 9 nitrogen and oxygen atoms in total. The third kappa shape index (κ3) is 4.48. The number of H-pyrrole nitrogens is 1. The molecule has 3 N–H and O–H groups in total. The van der Waals surface area contributed by atoms with E-state index in [1.54, 1.807) is 0 Å². The zero-order valence-electron chi connectivity index (χ0n) is 16.3. The van der Waals surface area contributed by atoms with Crippen molar-refractivity contribution in [2.24, 2.45) is 0 Å². The summed E-state index contributed by atoms with van der Waals surface area (Å²) in [7, 11) is 0. The Morgan fingerprint density at radius 2 is 1.90 bits per heavy atom. The monoisotopic (exact) mass is 415 g/mol. The van der Waals surface area contributed by atoms with Crippen LogP contribution in [0.3, 0.4) is 0 Å². The average molecular weight is 415 g/mol. The normalized spacial score (nSPS) is 11.0. The Kier molecular flexibility index (Phi) is 6.02. The van der Waals surface area contributed by atoms with Crippen LogP contribution in [0.5, 0.6) is 0 Å². The van der Waals surface area contributed by atoms with Crippen molar-refractivity contribution in [3.8, 4) is 11.5 Å². The number of carbonyl (C=O) groups excluding carboxylic acids is 1. The zero-order valence-corrected chi connectivity index (χ0v) is 17.1. The number of nitrogens with two attached hydrogens (primary N) is 1. The quantitative estimate of drug-likeness (QED) is 0.442. The molecular weight excluding hydrogens is 394 g/mol. The summed E-state index contributed by atoms with van der Waals surface area (Å²) in [5, 5.41) is 8.16. The van der Waals surface area contributed by atoms with Gasteiger partial charge in [-0.25, -0.2) is 4.79 Å². The van der Waals surface area contributed by atoms with Crippen molar-refractivity contribution in [2.45, 2.75) is 39.0 Å². The number of hydrogen-bond acceptors (Lipinski definition) is 8. The van der Waals surface area contributed by atoms with Gasteiger partial charge in [0.05, 0.1) is 5.75 Å². The zero-order chi connectivity index (χ0) is 21.1. The van der Waals surface area contributed by atoms with Crippen molar-refractivity contribution >= 4 is 23.4 Å². The first-order valence-electron chi connectivity index (χ1n) is 9.01. The Morgan fingerprint density at radius 1 is 1.21 bits per heavy atom. The van der Waals surface area contributed by atoms with Crippen LogP contribution in [-0.2, 0) is 6.54 Å². The van der Waals surface area contributed by atoms with Gasteiger partial charge in [-0.1, -0.05) is 35.9 Å². The van der Waals surface area contributed by atoms with Crippen molar-refractivity contribution in [3.05, 3.63) is 55.7 Å². The van der Waals surface area contributed by atoms with E-state index in [4.69, 9.17) is 10.2 Å². The number of carbonyl (C=O) groups is 1. The molecule has 0 spiro atoms. The van der Waals surface area contributed by atoms with Crippen molar-refractivity contribution in [3.63, 3.8) is 0 Å². The topological polar surface area (TPSA) is 137 Å². The van der Waals surface area contributed by atoms with Gasteiger partial charge in [0.25, 0.3) is 10.8 Å². The third-order valence-electron chi connectivity index (χ3n) is 4.17. The van der Waals surface area contributed by atoms with Crippen LogP contribution in [0.25, 0.3) is 11.5 Å². The summed E-state index contributed by atoms with van der Waals surface area (Å²) in [5.41, 5.74) is 7.17. The predicted octanol–water partition coefficient (Wildman–Crippen LogP) is 2.17. The van der Waals surface area contributed by atoms with Crippen LogP contribution in [0.4, 0.5) is 5.82 Å². The molecule has 0 aliphatic carbocycles. The number of nitrogen functional groups attached to an aromatic ring is 1. The van der Waals surface area contributed by atoms with Crippen LogP contribution in [0.15, 0.2) is 37.4 Å². The molecule has 0 atom stereocenters. The number of benzene rings is 1. The highest BCUT2D eigenvalue weighted by atomic mass is 32.2. The predicted molar refractivity (Wildman–Crippen MR) is 110 cm³/mol. The van der Waals surface area contributed by atoms with Gasteiger partial charge in [-0.3, -0.25) is 19.1 Å². The van der Waals surface area contributed by atoms with Gasteiger partial charge in [0.2, 0.25) is 5.89 Å². The second kappa shape index (κ2) is 8.48. The standard InChI is InChI=1S/C19H21N5O4S/c1-4-5-24-15(20)14(16(26)21-18(24)27)13(25)9-29-19-23-22-17(28-19)12-7-10(2)6-11(3)8-12/h6-8H,4-5,9,20H2,1-3H3,(H,21,26,27). The number of aromatic nitrogens is 4. The number of aryl methyl sites for hydroxylation is 2. The number of nitrogens with zero attached hydrogens (tertiary/aromatic N) is 3. The minimum absolute atomic E-state index is 0.132. The Bertz CT molecular complexity index is 1160. The molecule has 1 aromatic carbocycles. The molecule has 0 aliphatic heterocycles. The highest BCUT2D eigenvalue weighted by Gasteiger charge is 2.20. The molecule has 152 valence electrons. The number of Topliss-reactive ketones (excluding diaryl/α,β-unsaturated/α-hetero) is 1. The maximum absolute atomic E-state index is 12.6. The van der Waals surface area contributed by atoms with Crippen LogP contribution >= 0.6 is 11.8 Å². The highest BCUT2D eigenvalue weighted by Crippen LogP contribution is 2.25. The summed E-state index contributed by atoms with van der Waals surface area (Å²) >= 11 is 1.00. The molecule has 0 bridgehead atoms. The number of thioether (sulfide) groups is 1. The summed E-state index contributed by atoms with van der Waals surface area (Å²) in [6.45, 7) is 6.11. The maximum atomic E-state index is 12.6. The highest BCUT2D eigenvalue weighted by molar-refractivity contribution is 7.99. The first kappa shape index (κ1) is 20.6. The van der Waals surface area contributed by atoms with E-state index in [9.17, 15) is 14.4 Å². The van der Waals surface area contributed by atoms with Crippen LogP contribution in [0.1, 0.15) is 34.8 Å². The van der Waals surface area contributed by atoms with Gasteiger partial charge in [0.1, 0.15) is 11.4 Å². The lowest BCUT2D eigenvalue weighted by Crippen LogP contribution is -2.36. The lowest BCUT2D eigenvalue weighted by molar-refractivity contribution is 0.102. The summed E-state index contributed by atoms with van der Waals surface area (Å²) in [6.07, 6.45) is 0.627. The van der Waals surface area contributed by atoms with E-state index in [0.29, 0.717) is 18.9 Å². The number of anilines is 1. The summed E-state index contributed by atoms with van der Waals surface area (Å²) in [6, 6.07) is 5.89. The molecule has 0 amide bonds. The van der Waals surface area contributed by atoms with Crippen molar-refractivity contribution in [1.29, 1.82) is 0 Å². The molecule has 0 saturated carbocycles. The van der Waals surface area contributed by atoms with Gasteiger partial charge in [-0.15, -0.1) is 10.2 Å². The lowest BCUT2D eigenvalue weighted by atomic mass is 10.1. The number of ketones is 1. The molecule has 0 unspecified atom stereocenters. The molecule has 0 saturated heterocycles. The van der Waals surface area contributed by atoms with E-state index in [-0.39, 0.29) is 22.4 Å². The second-order valence-corrected chi connectivity index (χ2v) is 7.56. The van der Waals surface area contributed by atoms with Gasteiger partial charge < -0.3 is 10.2 Å².